The molecule has 0 saturated heterocycles. The lowest BCUT2D eigenvalue weighted by atomic mass is 9.70. The summed E-state index contributed by atoms with van der Waals surface area (Å²) in [4.78, 5) is 0. The van der Waals surface area contributed by atoms with Crippen LogP contribution in [0.3, 0.4) is 0 Å². The van der Waals surface area contributed by atoms with Gasteiger partial charge in [-0.2, -0.15) is 0 Å². The molecule has 0 heterocycles. The molecule has 1 N–H and O–H groups in total. The number of hydrogen-bond donors (Lipinski definition) is 1. The minimum Gasteiger partial charge on any atom is -0.356 e. The van der Waals surface area contributed by atoms with Gasteiger partial charge in [-0.05, 0) is 115 Å². The second kappa shape index (κ2) is 19.9. The van der Waals surface area contributed by atoms with Gasteiger partial charge in [0.2, 0.25) is 0 Å². The van der Waals surface area contributed by atoms with Gasteiger partial charge in [0.15, 0.2) is 0 Å². The van der Waals surface area contributed by atoms with Gasteiger partial charge in [-0.15, -0.1) is 0 Å². The molecular formula is C46H67N. The zero-order valence-electron chi connectivity index (χ0n) is 30.9. The number of unbranched alkanes of at least 4 members (excludes halogenated alkanes) is 10. The van der Waals surface area contributed by atoms with Crippen LogP contribution in [0, 0.1) is 11.3 Å². The maximum Gasteiger partial charge on any atom is 0.0384 e. The first kappa shape index (κ1) is 37.0. The quantitative estimate of drug-likeness (QED) is 0.135. The molecule has 1 nitrogen and oxygen atoms in total. The van der Waals surface area contributed by atoms with Crippen LogP contribution in [-0.2, 0) is 0 Å². The smallest absolute Gasteiger partial charge is 0.0384 e. The summed E-state index contributed by atoms with van der Waals surface area (Å²) in [6, 6.07) is 19.9. The van der Waals surface area contributed by atoms with Crippen molar-refractivity contribution in [3.05, 3.63) is 101 Å². The van der Waals surface area contributed by atoms with Crippen LogP contribution in [0.1, 0.15) is 162 Å². The number of para-hydroxylation sites is 1. The van der Waals surface area contributed by atoms with E-state index in [2.05, 4.69) is 113 Å². The highest BCUT2D eigenvalue weighted by Crippen LogP contribution is 2.46. The Labute approximate surface area is 290 Å². The maximum absolute atomic E-state index is 3.59. The second-order valence-corrected chi connectivity index (χ2v) is 14.8. The Kier molecular flexibility index (Phi) is 15.7. The van der Waals surface area contributed by atoms with Crippen molar-refractivity contribution in [3.8, 4) is 0 Å². The van der Waals surface area contributed by atoms with Crippen molar-refractivity contribution >= 4 is 16.9 Å². The average Bonchev–Trinajstić information content (AvgIpc) is 3.12. The third-order valence-electron chi connectivity index (χ3n) is 11.5. The maximum atomic E-state index is 3.59. The van der Waals surface area contributed by atoms with Crippen LogP contribution in [-0.4, -0.2) is 0 Å². The standard InChI is InChI=1S/C46H67N/c1-6-10-12-14-16-19-23-39-36-45(38-29-33-43(34-30-38)47-42-25-21-18-22-26-42)40(24-20-17-15-13-11-7-2)35-44(39)37-27-31-41(32-28-37)46(5,8-3)9-4/h18,21-22,25-27,29-31,33-34,36,40,47H,6-17,19-20,23-24,28,32,35H2,1-5H3. The fourth-order valence-corrected chi connectivity index (χ4v) is 7.81. The van der Waals surface area contributed by atoms with Crippen LogP contribution in [0.4, 0.5) is 11.4 Å². The molecule has 0 bridgehead atoms. The highest BCUT2D eigenvalue weighted by atomic mass is 14.9. The SMILES string of the molecule is CCCCCCCCC1=C(C2=CC=C(C(C)(CC)CC)CC2)CC(CCCCCCCC)C(c2ccc(Nc3ccccc3)cc2)=C1. The van der Waals surface area contributed by atoms with Gasteiger partial charge in [0.25, 0.3) is 0 Å². The normalized spacial score (nSPS) is 17.0. The van der Waals surface area contributed by atoms with E-state index in [0.29, 0.717) is 11.3 Å². The van der Waals surface area contributed by atoms with Crippen LogP contribution in [0.25, 0.3) is 5.57 Å². The van der Waals surface area contributed by atoms with Gasteiger partial charge in [0.05, 0.1) is 0 Å². The summed E-state index contributed by atoms with van der Waals surface area (Å²) < 4.78 is 0. The van der Waals surface area contributed by atoms with Crippen LogP contribution in [0.5, 0.6) is 0 Å². The number of benzene rings is 2. The van der Waals surface area contributed by atoms with Crippen LogP contribution < -0.4 is 5.32 Å². The lowest BCUT2D eigenvalue weighted by Gasteiger charge is -2.34. The second-order valence-electron chi connectivity index (χ2n) is 14.8. The molecule has 4 rings (SSSR count). The minimum atomic E-state index is 0.346. The Morgan fingerprint density at radius 1 is 0.660 bits per heavy atom. The summed E-state index contributed by atoms with van der Waals surface area (Å²) in [6.07, 6.45) is 32.7. The predicted molar refractivity (Wildman–Crippen MR) is 209 cm³/mol. The van der Waals surface area contributed by atoms with Gasteiger partial charge < -0.3 is 5.32 Å². The van der Waals surface area contributed by atoms with E-state index in [0.717, 1.165) is 11.4 Å². The van der Waals surface area contributed by atoms with E-state index in [1.165, 1.54) is 128 Å². The number of nitrogens with one attached hydrogen (secondary N) is 1. The Balaban J connectivity index is 1.63. The van der Waals surface area contributed by atoms with Crippen molar-refractivity contribution in [2.45, 2.75) is 157 Å². The molecule has 0 spiro atoms. The molecule has 2 aromatic rings. The minimum absolute atomic E-state index is 0.346. The van der Waals surface area contributed by atoms with Crippen molar-refractivity contribution in [1.82, 2.24) is 0 Å². The summed E-state index contributed by atoms with van der Waals surface area (Å²) in [5.74, 6) is 0.597. The molecule has 0 aromatic heterocycles. The van der Waals surface area contributed by atoms with Crippen molar-refractivity contribution in [2.24, 2.45) is 11.3 Å². The zero-order valence-corrected chi connectivity index (χ0v) is 30.9. The van der Waals surface area contributed by atoms with Gasteiger partial charge in [-0.25, -0.2) is 0 Å². The fourth-order valence-electron chi connectivity index (χ4n) is 7.81. The molecule has 0 saturated carbocycles. The van der Waals surface area contributed by atoms with E-state index in [4.69, 9.17) is 0 Å². The average molecular weight is 634 g/mol. The highest BCUT2D eigenvalue weighted by Gasteiger charge is 2.29. The Hall–Kier alpha value is -2.80. The summed E-state index contributed by atoms with van der Waals surface area (Å²) in [5.41, 5.74) is 12.3. The molecule has 0 amide bonds. The first-order chi connectivity index (χ1) is 23.0. The molecule has 256 valence electrons. The third kappa shape index (κ3) is 11.1. The highest BCUT2D eigenvalue weighted by molar-refractivity contribution is 5.75. The van der Waals surface area contributed by atoms with E-state index < -0.39 is 0 Å². The first-order valence-electron chi connectivity index (χ1n) is 19.8. The lowest BCUT2D eigenvalue weighted by Crippen LogP contribution is -2.19. The predicted octanol–water partition coefficient (Wildman–Crippen LogP) is 15.1. The van der Waals surface area contributed by atoms with E-state index in [-0.39, 0.29) is 0 Å². The summed E-state index contributed by atoms with van der Waals surface area (Å²) in [6.45, 7) is 11.9. The monoisotopic (exact) mass is 634 g/mol. The van der Waals surface area contributed by atoms with E-state index >= 15 is 0 Å². The van der Waals surface area contributed by atoms with Gasteiger partial charge >= 0.3 is 0 Å². The van der Waals surface area contributed by atoms with Crippen molar-refractivity contribution in [2.75, 3.05) is 5.32 Å². The van der Waals surface area contributed by atoms with Gasteiger partial charge in [0.1, 0.15) is 0 Å². The van der Waals surface area contributed by atoms with Gasteiger partial charge in [0, 0.05) is 11.4 Å². The topological polar surface area (TPSA) is 12.0 Å². The molecule has 1 atom stereocenters. The lowest BCUT2D eigenvalue weighted by molar-refractivity contribution is 0.354. The van der Waals surface area contributed by atoms with Crippen LogP contribution >= 0.6 is 0 Å². The molecule has 0 radical (unpaired) electrons. The molecule has 0 fully saturated rings. The zero-order chi connectivity index (χ0) is 33.3. The summed E-state index contributed by atoms with van der Waals surface area (Å²) in [7, 11) is 0. The van der Waals surface area contributed by atoms with Crippen molar-refractivity contribution < 1.29 is 0 Å². The molecule has 0 aliphatic heterocycles. The van der Waals surface area contributed by atoms with E-state index in [1.807, 2.05) is 0 Å². The number of allylic oxidation sites excluding steroid dienone is 8. The Bertz CT molecular complexity index is 1310. The molecule has 1 unspecified atom stereocenters. The third-order valence-corrected chi connectivity index (χ3v) is 11.5. The Morgan fingerprint density at radius 3 is 1.89 bits per heavy atom. The van der Waals surface area contributed by atoms with E-state index in [9.17, 15) is 0 Å². The molecule has 1 heteroatoms. The Morgan fingerprint density at radius 2 is 1.28 bits per heavy atom. The first-order valence-corrected chi connectivity index (χ1v) is 19.8. The molecule has 47 heavy (non-hydrogen) atoms. The summed E-state index contributed by atoms with van der Waals surface area (Å²) in [5, 5.41) is 3.59. The number of anilines is 2. The van der Waals surface area contributed by atoms with Crippen molar-refractivity contribution in [1.29, 1.82) is 0 Å². The number of rotatable bonds is 21. The van der Waals surface area contributed by atoms with Gasteiger partial charge in [-0.3, -0.25) is 0 Å². The molecule has 2 aliphatic rings. The van der Waals surface area contributed by atoms with Crippen molar-refractivity contribution in [3.63, 3.8) is 0 Å². The number of hydrogen-bond acceptors (Lipinski definition) is 1. The summed E-state index contributed by atoms with van der Waals surface area (Å²) >= 11 is 0. The largest absolute Gasteiger partial charge is 0.356 e. The fraction of sp³-hybridized carbons (Fsp3) is 0.565. The van der Waals surface area contributed by atoms with Crippen LogP contribution in [0.15, 0.2) is 95.1 Å². The molecule has 2 aromatic carbocycles. The van der Waals surface area contributed by atoms with Crippen LogP contribution in [0.2, 0.25) is 0 Å². The molecule has 2 aliphatic carbocycles. The van der Waals surface area contributed by atoms with E-state index in [1.54, 1.807) is 27.9 Å². The van der Waals surface area contributed by atoms with Gasteiger partial charge in [-0.1, -0.05) is 159 Å². The molecular weight excluding hydrogens is 567 g/mol.